The second-order valence-electron chi connectivity index (χ2n) is 4.41. The van der Waals surface area contributed by atoms with Gasteiger partial charge in [-0.15, -0.1) is 6.58 Å². The first-order chi connectivity index (χ1) is 10.2. The van der Waals surface area contributed by atoms with E-state index in [2.05, 4.69) is 17.1 Å². The van der Waals surface area contributed by atoms with Gasteiger partial charge in [0.15, 0.2) is 0 Å². The number of nitrogens with one attached hydrogen (secondary N) is 1. The maximum Gasteiger partial charge on any atom is 0.271 e. The molecule has 2 rings (SSSR count). The Kier molecular flexibility index (Phi) is 4.88. The fourth-order valence-electron chi connectivity index (χ4n) is 1.85. The molecule has 21 heavy (non-hydrogen) atoms. The summed E-state index contributed by atoms with van der Waals surface area (Å²) < 4.78 is 0. The van der Waals surface area contributed by atoms with E-state index in [0.29, 0.717) is 17.5 Å². The van der Waals surface area contributed by atoms with Crippen molar-refractivity contribution in [3.8, 4) is 5.75 Å². The Bertz CT molecular complexity index is 664. The molecule has 0 aliphatic heterocycles. The second-order valence-corrected chi connectivity index (χ2v) is 4.41. The van der Waals surface area contributed by atoms with Crippen molar-refractivity contribution in [2.45, 2.75) is 6.42 Å². The largest absolute Gasteiger partial charge is 0.507 e. The molecule has 0 bridgehead atoms. The Morgan fingerprint density at radius 1 is 1.19 bits per heavy atom. The maximum absolute atomic E-state index is 11.8. The molecule has 0 aliphatic carbocycles. The fraction of sp³-hybridized carbons (Fsp3) is 0.0588. The second kappa shape index (κ2) is 7.05. The summed E-state index contributed by atoms with van der Waals surface area (Å²) in [6, 6.07) is 14.2. The monoisotopic (exact) mass is 280 g/mol. The van der Waals surface area contributed by atoms with Gasteiger partial charge < -0.3 is 5.11 Å². The number of phenolic OH excluding ortho intramolecular Hbond substituents is 1. The number of amides is 1. The molecule has 106 valence electrons. The van der Waals surface area contributed by atoms with E-state index >= 15 is 0 Å². The number of nitrogens with zero attached hydrogens (tertiary/aromatic N) is 1. The van der Waals surface area contributed by atoms with Crippen LogP contribution in [0.2, 0.25) is 0 Å². The van der Waals surface area contributed by atoms with Crippen LogP contribution in [0.1, 0.15) is 21.5 Å². The van der Waals surface area contributed by atoms with Crippen LogP contribution in [0.5, 0.6) is 5.75 Å². The number of phenols is 1. The van der Waals surface area contributed by atoms with Gasteiger partial charge in [0.2, 0.25) is 0 Å². The van der Waals surface area contributed by atoms with Gasteiger partial charge in [0, 0.05) is 11.1 Å². The SMILES string of the molecule is C=CCc1cccc(C=NNC(=O)c2ccccc2)c1O. The number of para-hydroxylation sites is 1. The van der Waals surface area contributed by atoms with Crippen LogP contribution in [0.15, 0.2) is 66.3 Å². The van der Waals surface area contributed by atoms with Gasteiger partial charge in [-0.1, -0.05) is 36.4 Å². The van der Waals surface area contributed by atoms with Crippen molar-refractivity contribution in [3.05, 3.63) is 77.9 Å². The van der Waals surface area contributed by atoms with Crippen molar-refractivity contribution in [2.24, 2.45) is 5.10 Å². The van der Waals surface area contributed by atoms with Gasteiger partial charge in [-0.2, -0.15) is 5.10 Å². The number of hydrazone groups is 1. The van der Waals surface area contributed by atoms with E-state index in [1.54, 1.807) is 36.4 Å². The average Bonchev–Trinajstić information content (AvgIpc) is 2.52. The zero-order chi connectivity index (χ0) is 15.1. The third-order valence-corrected chi connectivity index (χ3v) is 2.92. The molecule has 0 atom stereocenters. The van der Waals surface area contributed by atoms with Crippen molar-refractivity contribution in [2.75, 3.05) is 0 Å². The smallest absolute Gasteiger partial charge is 0.271 e. The third-order valence-electron chi connectivity index (χ3n) is 2.92. The lowest BCUT2D eigenvalue weighted by atomic mass is 10.1. The van der Waals surface area contributed by atoms with Crippen LogP contribution in [-0.4, -0.2) is 17.2 Å². The summed E-state index contributed by atoms with van der Waals surface area (Å²) in [5, 5.41) is 13.9. The molecule has 0 unspecified atom stereocenters. The molecule has 2 N–H and O–H groups in total. The van der Waals surface area contributed by atoms with Crippen LogP contribution in [0.25, 0.3) is 0 Å². The molecule has 0 aromatic heterocycles. The fourth-order valence-corrected chi connectivity index (χ4v) is 1.85. The highest BCUT2D eigenvalue weighted by Gasteiger charge is 2.05. The zero-order valence-electron chi connectivity index (χ0n) is 11.5. The third kappa shape index (κ3) is 3.79. The van der Waals surface area contributed by atoms with Crippen LogP contribution >= 0.6 is 0 Å². The van der Waals surface area contributed by atoms with Crippen LogP contribution in [0, 0.1) is 0 Å². The topological polar surface area (TPSA) is 61.7 Å². The number of allylic oxidation sites excluding steroid dienone is 1. The summed E-state index contributed by atoms with van der Waals surface area (Å²) in [6.07, 6.45) is 3.71. The molecule has 4 heteroatoms. The van der Waals surface area contributed by atoms with Gasteiger partial charge in [0.25, 0.3) is 5.91 Å². The molecule has 0 spiro atoms. The molecule has 0 radical (unpaired) electrons. The van der Waals surface area contributed by atoms with E-state index in [4.69, 9.17) is 0 Å². The minimum atomic E-state index is -0.298. The Labute approximate surface area is 123 Å². The minimum Gasteiger partial charge on any atom is -0.507 e. The van der Waals surface area contributed by atoms with E-state index in [1.165, 1.54) is 6.21 Å². The van der Waals surface area contributed by atoms with Crippen molar-refractivity contribution >= 4 is 12.1 Å². The van der Waals surface area contributed by atoms with Crippen molar-refractivity contribution in [1.82, 2.24) is 5.43 Å². The first-order valence-corrected chi connectivity index (χ1v) is 6.52. The van der Waals surface area contributed by atoms with Crippen LogP contribution < -0.4 is 5.43 Å². The number of rotatable bonds is 5. The van der Waals surface area contributed by atoms with Gasteiger partial charge in [-0.3, -0.25) is 4.79 Å². The maximum atomic E-state index is 11.8. The normalized spacial score (nSPS) is 10.5. The Morgan fingerprint density at radius 3 is 2.67 bits per heavy atom. The highest BCUT2D eigenvalue weighted by molar-refractivity contribution is 5.95. The van der Waals surface area contributed by atoms with E-state index < -0.39 is 0 Å². The number of hydrogen-bond acceptors (Lipinski definition) is 3. The van der Waals surface area contributed by atoms with Gasteiger partial charge in [-0.05, 0) is 30.2 Å². The number of benzene rings is 2. The molecule has 4 nitrogen and oxygen atoms in total. The van der Waals surface area contributed by atoms with Gasteiger partial charge in [-0.25, -0.2) is 5.43 Å². The molecular formula is C17H16N2O2. The highest BCUT2D eigenvalue weighted by atomic mass is 16.3. The van der Waals surface area contributed by atoms with E-state index in [-0.39, 0.29) is 11.7 Å². The van der Waals surface area contributed by atoms with Crippen LogP contribution in [-0.2, 0) is 6.42 Å². The molecule has 2 aromatic carbocycles. The number of hydrogen-bond donors (Lipinski definition) is 2. The molecule has 0 saturated heterocycles. The van der Waals surface area contributed by atoms with Crippen molar-refractivity contribution < 1.29 is 9.90 Å². The lowest BCUT2D eigenvalue weighted by Crippen LogP contribution is -2.17. The van der Waals surface area contributed by atoms with Gasteiger partial charge in [0.05, 0.1) is 6.21 Å². The Morgan fingerprint density at radius 2 is 1.95 bits per heavy atom. The summed E-state index contributed by atoms with van der Waals surface area (Å²) in [5.74, 6) is -0.149. The number of carbonyl (C=O) groups excluding carboxylic acids is 1. The summed E-state index contributed by atoms with van der Waals surface area (Å²) in [4.78, 5) is 11.8. The quantitative estimate of drug-likeness (QED) is 0.502. The lowest BCUT2D eigenvalue weighted by Gasteiger charge is -2.04. The molecule has 0 aliphatic rings. The van der Waals surface area contributed by atoms with Gasteiger partial charge >= 0.3 is 0 Å². The highest BCUT2D eigenvalue weighted by Crippen LogP contribution is 2.21. The molecule has 2 aromatic rings. The van der Waals surface area contributed by atoms with Crippen molar-refractivity contribution in [3.63, 3.8) is 0 Å². The van der Waals surface area contributed by atoms with Gasteiger partial charge in [0.1, 0.15) is 5.75 Å². The predicted molar refractivity (Wildman–Crippen MR) is 83.5 cm³/mol. The zero-order valence-corrected chi connectivity index (χ0v) is 11.5. The van der Waals surface area contributed by atoms with Crippen molar-refractivity contribution in [1.29, 1.82) is 0 Å². The predicted octanol–water partition coefficient (Wildman–Crippen LogP) is 2.88. The molecule has 0 fully saturated rings. The standard InChI is InChI=1S/C17H16N2O2/c1-2-7-13-10-6-11-15(16(13)20)12-18-19-17(21)14-8-4-3-5-9-14/h2-6,8-12,20H,1,7H2,(H,19,21). The van der Waals surface area contributed by atoms with E-state index in [0.717, 1.165) is 5.56 Å². The lowest BCUT2D eigenvalue weighted by molar-refractivity contribution is 0.0955. The average molecular weight is 280 g/mol. The first kappa shape index (κ1) is 14.5. The summed E-state index contributed by atoms with van der Waals surface area (Å²) in [6.45, 7) is 3.64. The Hall–Kier alpha value is -2.88. The summed E-state index contributed by atoms with van der Waals surface area (Å²) >= 11 is 0. The summed E-state index contributed by atoms with van der Waals surface area (Å²) in [5.41, 5.74) is 4.26. The molecular weight excluding hydrogens is 264 g/mol. The molecule has 1 amide bonds. The number of aromatic hydroxyl groups is 1. The van der Waals surface area contributed by atoms with E-state index in [1.807, 2.05) is 18.2 Å². The Balaban J connectivity index is 2.07. The first-order valence-electron chi connectivity index (χ1n) is 6.52. The molecule has 0 heterocycles. The summed E-state index contributed by atoms with van der Waals surface area (Å²) in [7, 11) is 0. The molecule has 0 saturated carbocycles. The minimum absolute atomic E-state index is 0.148. The van der Waals surface area contributed by atoms with E-state index in [9.17, 15) is 9.90 Å². The van der Waals surface area contributed by atoms with Crippen LogP contribution in [0.4, 0.5) is 0 Å². The number of carbonyl (C=O) groups is 1. The van der Waals surface area contributed by atoms with Crippen LogP contribution in [0.3, 0.4) is 0 Å².